The first-order valence-corrected chi connectivity index (χ1v) is 6.22. The monoisotopic (exact) mass is 188 g/mol. The van der Waals surface area contributed by atoms with E-state index in [9.17, 15) is 0 Å². The standard InChI is InChI=1S/C9H20O2Si/c1-8-6-5-7-9(8,2)12(10-3)11-4/h8,12H,5-7H2,1-4H3. The van der Waals surface area contributed by atoms with Gasteiger partial charge in [0.15, 0.2) is 0 Å². The molecule has 2 nitrogen and oxygen atoms in total. The Balaban J connectivity index is 2.67. The van der Waals surface area contributed by atoms with Crippen LogP contribution in [-0.2, 0) is 8.85 Å². The summed E-state index contributed by atoms with van der Waals surface area (Å²) < 4.78 is 10.9. The molecule has 0 spiro atoms. The van der Waals surface area contributed by atoms with Gasteiger partial charge in [0.2, 0.25) is 0 Å². The van der Waals surface area contributed by atoms with Crippen molar-refractivity contribution in [1.82, 2.24) is 0 Å². The lowest BCUT2D eigenvalue weighted by molar-refractivity contribution is 0.227. The Labute approximate surface area is 77.1 Å². The van der Waals surface area contributed by atoms with E-state index in [2.05, 4.69) is 13.8 Å². The predicted octanol–water partition coefficient (Wildman–Crippen LogP) is 2.08. The maximum atomic E-state index is 5.47. The second-order valence-corrected chi connectivity index (χ2v) is 7.03. The molecule has 72 valence electrons. The third-order valence-corrected chi connectivity index (χ3v) is 6.24. The predicted molar refractivity (Wildman–Crippen MR) is 52.5 cm³/mol. The maximum Gasteiger partial charge on any atom is 0.327 e. The van der Waals surface area contributed by atoms with Crippen LogP contribution in [0, 0.1) is 5.92 Å². The first-order valence-electron chi connectivity index (χ1n) is 4.70. The van der Waals surface area contributed by atoms with Gasteiger partial charge in [0, 0.05) is 19.3 Å². The van der Waals surface area contributed by atoms with Gasteiger partial charge >= 0.3 is 9.28 Å². The molecule has 0 saturated heterocycles. The first kappa shape index (κ1) is 10.2. The molecule has 0 heterocycles. The lowest BCUT2D eigenvalue weighted by atomic mass is 9.99. The molecule has 1 aliphatic rings. The molecule has 1 saturated carbocycles. The SMILES string of the molecule is CO[SiH](OC)C1(C)CCCC1C. The quantitative estimate of drug-likeness (QED) is 0.631. The molecule has 0 aromatic rings. The Hall–Kier alpha value is 0.137. The van der Waals surface area contributed by atoms with Crippen LogP contribution in [0.3, 0.4) is 0 Å². The third-order valence-electron chi connectivity index (χ3n) is 3.44. The Morgan fingerprint density at radius 1 is 1.33 bits per heavy atom. The zero-order valence-electron chi connectivity index (χ0n) is 8.59. The van der Waals surface area contributed by atoms with E-state index in [1.165, 1.54) is 19.3 Å². The lowest BCUT2D eigenvalue weighted by Gasteiger charge is -2.33. The van der Waals surface area contributed by atoms with Gasteiger partial charge in [0.1, 0.15) is 0 Å². The summed E-state index contributed by atoms with van der Waals surface area (Å²) in [6.07, 6.45) is 3.97. The van der Waals surface area contributed by atoms with Crippen molar-refractivity contribution in [3.05, 3.63) is 0 Å². The summed E-state index contributed by atoms with van der Waals surface area (Å²) >= 11 is 0. The molecule has 0 aromatic carbocycles. The van der Waals surface area contributed by atoms with E-state index >= 15 is 0 Å². The highest BCUT2D eigenvalue weighted by Gasteiger charge is 2.45. The van der Waals surface area contributed by atoms with Crippen LogP contribution in [0.5, 0.6) is 0 Å². The second-order valence-electron chi connectivity index (χ2n) is 4.10. The minimum Gasteiger partial charge on any atom is -0.400 e. The van der Waals surface area contributed by atoms with E-state index in [1.807, 2.05) is 0 Å². The smallest absolute Gasteiger partial charge is 0.327 e. The molecule has 2 atom stereocenters. The van der Waals surface area contributed by atoms with E-state index in [-0.39, 0.29) is 0 Å². The van der Waals surface area contributed by atoms with Crippen LogP contribution in [0.4, 0.5) is 0 Å². The molecule has 1 aliphatic carbocycles. The highest BCUT2D eigenvalue weighted by atomic mass is 28.3. The molecule has 2 unspecified atom stereocenters. The zero-order valence-corrected chi connectivity index (χ0v) is 9.75. The van der Waals surface area contributed by atoms with Crippen molar-refractivity contribution in [2.75, 3.05) is 14.2 Å². The highest BCUT2D eigenvalue weighted by Crippen LogP contribution is 2.51. The van der Waals surface area contributed by atoms with Crippen LogP contribution in [0.2, 0.25) is 5.04 Å². The summed E-state index contributed by atoms with van der Waals surface area (Å²) in [5, 5.41) is 0.365. The van der Waals surface area contributed by atoms with Gasteiger partial charge in [-0.2, -0.15) is 0 Å². The van der Waals surface area contributed by atoms with Gasteiger partial charge in [-0.15, -0.1) is 0 Å². The fraction of sp³-hybridized carbons (Fsp3) is 1.00. The molecule has 0 aliphatic heterocycles. The molecule has 1 fully saturated rings. The molecular weight excluding hydrogens is 168 g/mol. The van der Waals surface area contributed by atoms with Crippen LogP contribution >= 0.6 is 0 Å². The normalized spacial score (nSPS) is 36.2. The van der Waals surface area contributed by atoms with Gasteiger partial charge in [-0.1, -0.05) is 26.7 Å². The number of hydrogen-bond donors (Lipinski definition) is 0. The molecule has 1 rings (SSSR count). The fourth-order valence-electron chi connectivity index (χ4n) is 2.35. The maximum absolute atomic E-state index is 5.47. The molecule has 0 aromatic heterocycles. The molecule has 0 N–H and O–H groups in total. The molecule has 0 amide bonds. The van der Waals surface area contributed by atoms with Gasteiger partial charge in [0.25, 0.3) is 0 Å². The average Bonchev–Trinajstić information content (AvgIpc) is 2.36. The molecule has 0 bridgehead atoms. The lowest BCUT2D eigenvalue weighted by Crippen LogP contribution is -2.36. The van der Waals surface area contributed by atoms with E-state index < -0.39 is 9.28 Å². The van der Waals surface area contributed by atoms with Gasteiger partial charge in [-0.25, -0.2) is 0 Å². The number of rotatable bonds is 3. The summed E-state index contributed by atoms with van der Waals surface area (Å²) in [6.45, 7) is 4.65. The Kier molecular flexibility index (Phi) is 3.32. The van der Waals surface area contributed by atoms with E-state index in [0.29, 0.717) is 5.04 Å². The van der Waals surface area contributed by atoms with Crippen LogP contribution in [0.1, 0.15) is 33.1 Å². The van der Waals surface area contributed by atoms with E-state index in [1.54, 1.807) is 14.2 Å². The molecule has 12 heavy (non-hydrogen) atoms. The summed E-state index contributed by atoms with van der Waals surface area (Å²) in [6, 6.07) is 0. The van der Waals surface area contributed by atoms with E-state index in [4.69, 9.17) is 8.85 Å². The third kappa shape index (κ3) is 1.58. The van der Waals surface area contributed by atoms with Gasteiger partial charge in [0.05, 0.1) is 0 Å². The van der Waals surface area contributed by atoms with Crippen molar-refractivity contribution >= 4 is 9.28 Å². The summed E-state index contributed by atoms with van der Waals surface area (Å²) in [4.78, 5) is 0. The van der Waals surface area contributed by atoms with Crippen LogP contribution in [0.15, 0.2) is 0 Å². The highest BCUT2D eigenvalue weighted by molar-refractivity contribution is 6.48. The summed E-state index contributed by atoms with van der Waals surface area (Å²) in [7, 11) is 2.16. The Bertz CT molecular complexity index is 147. The van der Waals surface area contributed by atoms with E-state index in [0.717, 1.165) is 5.92 Å². The van der Waals surface area contributed by atoms with Crippen molar-refractivity contribution in [2.45, 2.75) is 38.1 Å². The van der Waals surface area contributed by atoms with Crippen molar-refractivity contribution in [3.63, 3.8) is 0 Å². The number of hydrogen-bond acceptors (Lipinski definition) is 2. The summed E-state index contributed by atoms with van der Waals surface area (Å²) in [5.41, 5.74) is 0. The van der Waals surface area contributed by atoms with Crippen LogP contribution in [0.25, 0.3) is 0 Å². The molecule has 0 radical (unpaired) electrons. The minimum atomic E-state index is -1.42. The average molecular weight is 188 g/mol. The molecular formula is C9H20O2Si. The summed E-state index contributed by atoms with van der Waals surface area (Å²) in [5.74, 6) is 0.772. The van der Waals surface area contributed by atoms with Crippen molar-refractivity contribution in [1.29, 1.82) is 0 Å². The van der Waals surface area contributed by atoms with Crippen molar-refractivity contribution < 1.29 is 8.85 Å². The topological polar surface area (TPSA) is 18.5 Å². The Morgan fingerprint density at radius 3 is 2.25 bits per heavy atom. The minimum absolute atomic E-state index is 0.365. The Morgan fingerprint density at radius 2 is 1.92 bits per heavy atom. The van der Waals surface area contributed by atoms with Gasteiger partial charge < -0.3 is 8.85 Å². The second kappa shape index (κ2) is 3.90. The van der Waals surface area contributed by atoms with Gasteiger partial charge in [-0.05, 0) is 12.3 Å². The zero-order chi connectivity index (χ0) is 9.19. The van der Waals surface area contributed by atoms with Crippen molar-refractivity contribution in [2.24, 2.45) is 5.92 Å². The van der Waals surface area contributed by atoms with Crippen molar-refractivity contribution in [3.8, 4) is 0 Å². The van der Waals surface area contributed by atoms with Crippen LogP contribution in [-0.4, -0.2) is 23.5 Å². The largest absolute Gasteiger partial charge is 0.400 e. The first-order chi connectivity index (χ1) is 5.65. The molecule has 3 heteroatoms. The fourth-order valence-corrected chi connectivity index (χ4v) is 4.69. The van der Waals surface area contributed by atoms with Gasteiger partial charge in [-0.3, -0.25) is 0 Å². The van der Waals surface area contributed by atoms with Crippen LogP contribution < -0.4 is 0 Å².